The molecule has 1 aromatic rings. The lowest BCUT2D eigenvalue weighted by Crippen LogP contribution is -2.11. The number of halogens is 1. The fraction of sp³-hybridized carbons (Fsp3) is 0.667. The summed E-state index contributed by atoms with van der Waals surface area (Å²) in [6, 6.07) is 0. The Kier molecular flexibility index (Phi) is 6.08. The van der Waals surface area contributed by atoms with Gasteiger partial charge in [-0.2, -0.15) is 0 Å². The number of nitrogens with one attached hydrogen (secondary N) is 1. The Balaban J connectivity index is 2.48. The van der Waals surface area contributed by atoms with Crippen LogP contribution in [0.15, 0.2) is 4.34 Å². The molecule has 7 heteroatoms. The minimum absolute atomic E-state index is 0.119. The Morgan fingerprint density at radius 2 is 2.38 bits per heavy atom. The number of amides is 1. The molecule has 0 bridgehead atoms. The van der Waals surface area contributed by atoms with Crippen molar-refractivity contribution in [1.82, 2.24) is 10.2 Å². The van der Waals surface area contributed by atoms with E-state index in [0.29, 0.717) is 22.7 Å². The van der Waals surface area contributed by atoms with Gasteiger partial charge < -0.3 is 5.32 Å². The average molecular weight is 280 g/mol. The van der Waals surface area contributed by atoms with E-state index in [2.05, 4.69) is 29.4 Å². The number of carbonyl (C=O) groups is 1. The quantitative estimate of drug-likeness (QED) is 0.494. The Morgan fingerprint density at radius 1 is 1.62 bits per heavy atom. The van der Waals surface area contributed by atoms with Crippen molar-refractivity contribution in [2.75, 3.05) is 11.2 Å². The van der Waals surface area contributed by atoms with Gasteiger partial charge in [-0.25, -0.2) is 0 Å². The monoisotopic (exact) mass is 279 g/mol. The van der Waals surface area contributed by atoms with E-state index >= 15 is 0 Å². The molecule has 16 heavy (non-hydrogen) atoms. The van der Waals surface area contributed by atoms with Crippen molar-refractivity contribution in [1.29, 1.82) is 0 Å². The molecule has 1 heterocycles. The van der Waals surface area contributed by atoms with Gasteiger partial charge >= 0.3 is 0 Å². The van der Waals surface area contributed by atoms with E-state index in [9.17, 15) is 4.79 Å². The number of alkyl halides is 1. The number of rotatable bonds is 6. The summed E-state index contributed by atoms with van der Waals surface area (Å²) in [5.41, 5.74) is 0. The third-order valence-electron chi connectivity index (χ3n) is 1.85. The van der Waals surface area contributed by atoms with Gasteiger partial charge in [-0.3, -0.25) is 4.79 Å². The largest absolute Gasteiger partial charge is 0.300 e. The van der Waals surface area contributed by atoms with Crippen molar-refractivity contribution in [3.63, 3.8) is 0 Å². The van der Waals surface area contributed by atoms with Gasteiger partial charge in [0.15, 0.2) is 4.34 Å². The van der Waals surface area contributed by atoms with Crippen molar-refractivity contribution >= 4 is 45.7 Å². The first-order chi connectivity index (χ1) is 7.65. The lowest BCUT2D eigenvalue weighted by atomic mass is 10.4. The number of carbonyl (C=O) groups excluding carboxylic acids is 1. The summed E-state index contributed by atoms with van der Waals surface area (Å²) in [4.78, 5) is 11.2. The number of anilines is 1. The van der Waals surface area contributed by atoms with Gasteiger partial charge in [-0.05, 0) is 6.42 Å². The molecule has 0 aliphatic heterocycles. The van der Waals surface area contributed by atoms with Crippen molar-refractivity contribution < 1.29 is 4.79 Å². The maximum absolute atomic E-state index is 11.2. The maximum atomic E-state index is 11.2. The van der Waals surface area contributed by atoms with Crippen molar-refractivity contribution in [3.8, 4) is 0 Å². The second kappa shape index (κ2) is 7.09. The molecule has 0 aliphatic carbocycles. The molecule has 0 aromatic carbocycles. The van der Waals surface area contributed by atoms with Gasteiger partial charge in [0, 0.05) is 17.6 Å². The zero-order chi connectivity index (χ0) is 12.0. The summed E-state index contributed by atoms with van der Waals surface area (Å²) in [5.74, 6) is 0.199. The van der Waals surface area contributed by atoms with Gasteiger partial charge in [-0.15, -0.1) is 21.8 Å². The molecule has 1 N–H and O–H groups in total. The average Bonchev–Trinajstić information content (AvgIpc) is 2.65. The van der Waals surface area contributed by atoms with E-state index in [0.717, 1.165) is 10.8 Å². The molecule has 1 unspecified atom stereocenters. The first kappa shape index (κ1) is 13.7. The predicted octanol–water partition coefficient (Wildman–Crippen LogP) is 3.00. The molecule has 1 amide bonds. The number of hydrogen-bond donors (Lipinski definition) is 1. The predicted molar refractivity (Wildman–Crippen MR) is 69.5 cm³/mol. The molecule has 1 aromatic heterocycles. The summed E-state index contributed by atoms with van der Waals surface area (Å²) < 4.78 is 0.885. The molecule has 90 valence electrons. The second-order valence-corrected chi connectivity index (χ2v) is 6.24. The number of hydrogen-bond acceptors (Lipinski definition) is 5. The highest BCUT2D eigenvalue weighted by molar-refractivity contribution is 8.01. The van der Waals surface area contributed by atoms with Crippen molar-refractivity contribution in [3.05, 3.63) is 0 Å². The van der Waals surface area contributed by atoms with Gasteiger partial charge in [0.2, 0.25) is 11.0 Å². The van der Waals surface area contributed by atoms with Crippen LogP contribution in [0.3, 0.4) is 0 Å². The third-order valence-corrected chi connectivity index (χ3v) is 4.23. The van der Waals surface area contributed by atoms with Gasteiger partial charge in [-0.1, -0.05) is 36.9 Å². The van der Waals surface area contributed by atoms with Crippen LogP contribution in [0.5, 0.6) is 0 Å². The highest BCUT2D eigenvalue weighted by atomic mass is 35.5. The Morgan fingerprint density at radius 3 is 3.00 bits per heavy atom. The molecule has 0 fully saturated rings. The fourth-order valence-corrected chi connectivity index (χ4v) is 3.02. The van der Waals surface area contributed by atoms with E-state index < -0.39 is 0 Å². The van der Waals surface area contributed by atoms with E-state index in [1.165, 1.54) is 11.3 Å². The Hall–Kier alpha value is -0.330. The Labute approximate surface area is 108 Å². The van der Waals surface area contributed by atoms with Crippen LogP contribution in [-0.4, -0.2) is 27.2 Å². The van der Waals surface area contributed by atoms with E-state index in [1.807, 2.05) is 0 Å². The van der Waals surface area contributed by atoms with Gasteiger partial charge in [0.05, 0.1) is 0 Å². The van der Waals surface area contributed by atoms with Crippen LogP contribution >= 0.6 is 34.7 Å². The molecule has 0 radical (unpaired) electrons. The zero-order valence-electron chi connectivity index (χ0n) is 9.20. The lowest BCUT2D eigenvalue weighted by Gasteiger charge is -2.02. The molecule has 0 aliphatic rings. The van der Waals surface area contributed by atoms with Crippen LogP contribution in [0.25, 0.3) is 0 Å². The smallest absolute Gasteiger partial charge is 0.227 e. The van der Waals surface area contributed by atoms with Crippen LogP contribution in [0.2, 0.25) is 0 Å². The lowest BCUT2D eigenvalue weighted by molar-refractivity contribution is -0.115. The number of thioether (sulfide) groups is 1. The topological polar surface area (TPSA) is 54.9 Å². The molecule has 1 rings (SSSR count). The van der Waals surface area contributed by atoms with E-state index in [1.54, 1.807) is 11.8 Å². The minimum Gasteiger partial charge on any atom is -0.300 e. The van der Waals surface area contributed by atoms with Crippen LogP contribution in [-0.2, 0) is 4.79 Å². The Bertz CT molecular complexity index is 345. The number of nitrogens with zero attached hydrogens (tertiary/aromatic N) is 2. The summed E-state index contributed by atoms with van der Waals surface area (Å²) in [7, 11) is 0. The second-order valence-electron chi connectivity index (χ2n) is 3.20. The van der Waals surface area contributed by atoms with Crippen LogP contribution < -0.4 is 5.32 Å². The van der Waals surface area contributed by atoms with Gasteiger partial charge in [0.25, 0.3) is 0 Å². The molecule has 0 saturated carbocycles. The standard InChI is InChI=1S/C9H14ClN3OS2/c1-3-6(2)15-9-13-12-8(16-9)11-7(14)4-5-10/h6H,3-5H2,1-2H3,(H,11,12,14). The highest BCUT2D eigenvalue weighted by Crippen LogP contribution is 2.29. The fourth-order valence-electron chi connectivity index (χ4n) is 0.831. The SMILES string of the molecule is CCC(C)Sc1nnc(NC(=O)CCCl)s1. The maximum Gasteiger partial charge on any atom is 0.227 e. The molecular weight excluding hydrogens is 266 g/mol. The highest BCUT2D eigenvalue weighted by Gasteiger charge is 2.10. The van der Waals surface area contributed by atoms with Crippen molar-refractivity contribution in [2.45, 2.75) is 36.3 Å². The summed E-state index contributed by atoms with van der Waals surface area (Å²) >= 11 is 8.53. The third kappa shape index (κ3) is 4.67. The van der Waals surface area contributed by atoms with E-state index in [-0.39, 0.29) is 5.91 Å². The van der Waals surface area contributed by atoms with Crippen LogP contribution in [0.4, 0.5) is 5.13 Å². The zero-order valence-corrected chi connectivity index (χ0v) is 11.6. The van der Waals surface area contributed by atoms with Crippen molar-refractivity contribution in [2.24, 2.45) is 0 Å². The molecule has 0 saturated heterocycles. The summed E-state index contributed by atoms with van der Waals surface area (Å²) in [6.07, 6.45) is 1.38. The molecule has 1 atom stereocenters. The molecular formula is C9H14ClN3OS2. The van der Waals surface area contributed by atoms with Crippen LogP contribution in [0.1, 0.15) is 26.7 Å². The first-order valence-electron chi connectivity index (χ1n) is 5.01. The molecule has 4 nitrogen and oxygen atoms in total. The normalized spacial score (nSPS) is 12.4. The van der Waals surface area contributed by atoms with E-state index in [4.69, 9.17) is 11.6 Å². The first-order valence-corrected chi connectivity index (χ1v) is 7.24. The number of aromatic nitrogens is 2. The van der Waals surface area contributed by atoms with Gasteiger partial charge in [0.1, 0.15) is 0 Å². The minimum atomic E-state index is -0.119. The summed E-state index contributed by atoms with van der Waals surface area (Å²) in [5, 5.41) is 11.6. The van der Waals surface area contributed by atoms with Crippen LogP contribution in [0, 0.1) is 0 Å². The molecule has 0 spiro atoms. The summed E-state index contributed by atoms with van der Waals surface area (Å²) in [6.45, 7) is 4.26.